The Morgan fingerprint density at radius 1 is 0.444 bits per heavy atom. The monoisotopic (exact) mass is 482 g/mol. The third kappa shape index (κ3) is 5.23. The molecule has 1 nitrogen and oxygen atoms in total. The Hall–Kier alpha value is -4.19. The van der Waals surface area contributed by atoms with Crippen molar-refractivity contribution in [1.82, 2.24) is 0 Å². The first-order valence-electron chi connectivity index (χ1n) is 12.1. The Morgan fingerprint density at radius 2 is 0.806 bits per heavy atom. The number of hydrogen-bond donors (Lipinski definition) is 0. The largest absolute Gasteiger partial charge is 0.309 e. The zero-order valence-corrected chi connectivity index (χ0v) is 20.8. The van der Waals surface area contributed by atoms with E-state index in [1.165, 1.54) is 0 Å². The van der Waals surface area contributed by atoms with Crippen molar-refractivity contribution in [3.63, 3.8) is 0 Å². The smallest absolute Gasteiger partial charge is 0.164 e. The standard InChI is InChI=1S/C34H27OP/c35-36(31-22-12-4-13-23-31,32-24-14-5-15-25-32)27-34(30-20-10-3-11-21-30)33(29-18-8-2-9-19-29)26-28-16-6-1-7-17-28/h1-27H. The normalized spacial score (nSPS) is 12.3. The molecule has 2 heteroatoms. The van der Waals surface area contributed by atoms with Crippen molar-refractivity contribution in [3.05, 3.63) is 174 Å². The highest BCUT2D eigenvalue weighted by Crippen LogP contribution is 2.50. The molecule has 174 valence electrons. The van der Waals surface area contributed by atoms with Crippen LogP contribution in [0.5, 0.6) is 0 Å². The Morgan fingerprint density at radius 3 is 1.25 bits per heavy atom. The van der Waals surface area contributed by atoms with Gasteiger partial charge in [0.25, 0.3) is 0 Å². The summed E-state index contributed by atoms with van der Waals surface area (Å²) >= 11 is 0. The minimum Gasteiger partial charge on any atom is -0.309 e. The first kappa shape index (κ1) is 23.5. The molecule has 0 unspecified atom stereocenters. The highest BCUT2D eigenvalue weighted by atomic mass is 31.2. The van der Waals surface area contributed by atoms with Gasteiger partial charge in [-0.2, -0.15) is 0 Å². The van der Waals surface area contributed by atoms with Crippen LogP contribution in [0.3, 0.4) is 0 Å². The van der Waals surface area contributed by atoms with E-state index in [9.17, 15) is 0 Å². The maximum absolute atomic E-state index is 15.1. The molecule has 5 rings (SSSR count). The lowest BCUT2D eigenvalue weighted by atomic mass is 9.92. The lowest BCUT2D eigenvalue weighted by Crippen LogP contribution is -2.14. The third-order valence-electron chi connectivity index (χ3n) is 6.16. The van der Waals surface area contributed by atoms with Crippen LogP contribution in [0.1, 0.15) is 16.7 Å². The molecule has 5 aromatic rings. The summed E-state index contributed by atoms with van der Waals surface area (Å²) in [5.41, 5.74) is 5.16. The van der Waals surface area contributed by atoms with Gasteiger partial charge in [-0.1, -0.05) is 152 Å². The van der Waals surface area contributed by atoms with E-state index in [2.05, 4.69) is 42.5 Å². The number of hydrogen-bond acceptors (Lipinski definition) is 1. The molecule has 0 bridgehead atoms. The summed E-state index contributed by atoms with van der Waals surface area (Å²) in [7, 11) is -3.13. The van der Waals surface area contributed by atoms with Crippen LogP contribution >= 0.6 is 7.14 Å². The minimum atomic E-state index is -3.13. The molecule has 0 N–H and O–H groups in total. The van der Waals surface area contributed by atoms with E-state index in [1.807, 2.05) is 121 Å². The van der Waals surface area contributed by atoms with E-state index >= 15 is 4.57 Å². The number of allylic oxidation sites excluding steroid dienone is 2. The van der Waals surface area contributed by atoms with Crippen molar-refractivity contribution in [3.8, 4) is 0 Å². The average Bonchev–Trinajstić information content (AvgIpc) is 2.97. The molecule has 0 radical (unpaired) electrons. The second-order valence-corrected chi connectivity index (χ2v) is 11.2. The summed E-state index contributed by atoms with van der Waals surface area (Å²) in [4.78, 5) is 0. The van der Waals surface area contributed by atoms with Gasteiger partial charge in [-0.25, -0.2) is 0 Å². The molecule has 5 aromatic carbocycles. The quantitative estimate of drug-likeness (QED) is 0.130. The van der Waals surface area contributed by atoms with E-state index in [4.69, 9.17) is 0 Å². The van der Waals surface area contributed by atoms with Gasteiger partial charge >= 0.3 is 0 Å². The van der Waals surface area contributed by atoms with Crippen LogP contribution in [0.15, 0.2) is 157 Å². The Bertz CT molecular complexity index is 1460. The molecule has 0 aliphatic rings. The van der Waals surface area contributed by atoms with Gasteiger partial charge in [0.2, 0.25) is 0 Å². The van der Waals surface area contributed by atoms with E-state index in [0.717, 1.165) is 38.4 Å². The first-order chi connectivity index (χ1) is 17.7. The van der Waals surface area contributed by atoms with Crippen LogP contribution in [-0.2, 0) is 4.57 Å². The Balaban J connectivity index is 1.83. The second kappa shape index (κ2) is 11.0. The van der Waals surface area contributed by atoms with Crippen molar-refractivity contribution in [2.75, 3.05) is 0 Å². The van der Waals surface area contributed by atoms with Crippen LogP contribution in [0.2, 0.25) is 0 Å². The van der Waals surface area contributed by atoms with E-state index in [1.54, 1.807) is 0 Å². The SMILES string of the molecule is O=P(C=C(C(=Cc1ccccc1)c1ccccc1)c1ccccc1)(c1ccccc1)c1ccccc1. The summed E-state index contributed by atoms with van der Waals surface area (Å²) in [5, 5.41) is 1.63. The Labute approximate surface area is 213 Å². The summed E-state index contributed by atoms with van der Waals surface area (Å²) < 4.78 is 15.1. The predicted molar refractivity (Wildman–Crippen MR) is 155 cm³/mol. The zero-order valence-electron chi connectivity index (χ0n) is 19.9. The molecule has 0 aliphatic carbocycles. The minimum absolute atomic E-state index is 0.816. The number of rotatable bonds is 7. The fraction of sp³-hybridized carbons (Fsp3) is 0. The van der Waals surface area contributed by atoms with Gasteiger partial charge in [-0.15, -0.1) is 0 Å². The van der Waals surface area contributed by atoms with Crippen LogP contribution in [0.4, 0.5) is 0 Å². The van der Waals surface area contributed by atoms with Gasteiger partial charge in [-0.05, 0) is 39.7 Å². The molecule has 0 fully saturated rings. The van der Waals surface area contributed by atoms with Crippen molar-refractivity contribution in [2.45, 2.75) is 0 Å². The van der Waals surface area contributed by atoms with Gasteiger partial charge in [0, 0.05) is 10.6 Å². The third-order valence-corrected chi connectivity index (χ3v) is 8.91. The van der Waals surface area contributed by atoms with Crippen molar-refractivity contribution >= 4 is 35.0 Å². The summed E-state index contributed by atoms with van der Waals surface area (Å²) in [6, 6.07) is 50.5. The second-order valence-electron chi connectivity index (χ2n) is 8.57. The summed E-state index contributed by atoms with van der Waals surface area (Å²) in [5.74, 6) is 2.01. The fourth-order valence-corrected chi connectivity index (χ4v) is 6.82. The van der Waals surface area contributed by atoms with Gasteiger partial charge in [-0.3, -0.25) is 0 Å². The summed E-state index contributed by atoms with van der Waals surface area (Å²) in [6.07, 6.45) is 2.19. The maximum Gasteiger partial charge on any atom is 0.164 e. The molecular weight excluding hydrogens is 455 g/mol. The molecule has 0 saturated heterocycles. The molecule has 0 saturated carbocycles. The summed E-state index contributed by atoms with van der Waals surface area (Å²) in [6.45, 7) is 0. The van der Waals surface area contributed by atoms with Gasteiger partial charge in [0.1, 0.15) is 0 Å². The molecule has 0 amide bonds. The maximum atomic E-state index is 15.1. The van der Waals surface area contributed by atoms with Gasteiger partial charge < -0.3 is 4.57 Å². The van der Waals surface area contributed by atoms with Crippen LogP contribution < -0.4 is 10.6 Å². The van der Waals surface area contributed by atoms with Crippen LogP contribution in [0.25, 0.3) is 17.2 Å². The van der Waals surface area contributed by atoms with Crippen molar-refractivity contribution < 1.29 is 4.57 Å². The fourth-order valence-electron chi connectivity index (χ4n) is 4.35. The van der Waals surface area contributed by atoms with E-state index in [-0.39, 0.29) is 0 Å². The zero-order chi connectivity index (χ0) is 24.6. The lowest BCUT2D eigenvalue weighted by Gasteiger charge is -2.20. The molecule has 0 spiro atoms. The average molecular weight is 483 g/mol. The molecule has 0 aliphatic heterocycles. The Kier molecular flexibility index (Phi) is 7.22. The predicted octanol–water partition coefficient (Wildman–Crippen LogP) is 8.28. The molecular formula is C34H27OP. The highest BCUT2D eigenvalue weighted by Gasteiger charge is 2.27. The first-order valence-corrected chi connectivity index (χ1v) is 13.8. The molecule has 0 atom stereocenters. The molecule has 36 heavy (non-hydrogen) atoms. The highest BCUT2D eigenvalue weighted by molar-refractivity contribution is 7.81. The van der Waals surface area contributed by atoms with Gasteiger partial charge in [0.05, 0.1) is 0 Å². The number of benzene rings is 5. The van der Waals surface area contributed by atoms with E-state index < -0.39 is 7.14 Å². The van der Waals surface area contributed by atoms with Gasteiger partial charge in [0.15, 0.2) is 7.14 Å². The van der Waals surface area contributed by atoms with Crippen molar-refractivity contribution in [2.24, 2.45) is 0 Å². The molecule has 0 aromatic heterocycles. The lowest BCUT2D eigenvalue weighted by molar-refractivity contribution is 0.592. The van der Waals surface area contributed by atoms with Crippen LogP contribution in [0, 0.1) is 0 Å². The van der Waals surface area contributed by atoms with Crippen molar-refractivity contribution in [1.29, 1.82) is 0 Å². The topological polar surface area (TPSA) is 17.1 Å². The van der Waals surface area contributed by atoms with E-state index in [0.29, 0.717) is 0 Å². The van der Waals surface area contributed by atoms with Crippen LogP contribution in [-0.4, -0.2) is 0 Å². The molecule has 0 heterocycles.